The zero-order valence-corrected chi connectivity index (χ0v) is 18.8. The summed E-state index contributed by atoms with van der Waals surface area (Å²) in [6, 6.07) is 12.4. The van der Waals surface area contributed by atoms with Gasteiger partial charge in [-0.2, -0.15) is 0 Å². The van der Waals surface area contributed by atoms with E-state index in [1.807, 2.05) is 37.1 Å². The van der Waals surface area contributed by atoms with Crippen molar-refractivity contribution < 1.29 is 4.79 Å². The van der Waals surface area contributed by atoms with Crippen LogP contribution >= 0.6 is 11.3 Å². The van der Waals surface area contributed by atoms with Gasteiger partial charge in [0.25, 0.3) is 0 Å². The molecule has 1 aliphatic rings. The van der Waals surface area contributed by atoms with Crippen molar-refractivity contribution >= 4 is 28.1 Å². The van der Waals surface area contributed by atoms with Gasteiger partial charge >= 0.3 is 0 Å². The molecule has 0 saturated carbocycles. The minimum atomic E-state index is -0.581. The fraction of sp³-hybridized carbons (Fsp3) is 0.375. The Kier molecular flexibility index (Phi) is 5.60. The van der Waals surface area contributed by atoms with Gasteiger partial charge in [0.2, 0.25) is 5.91 Å². The van der Waals surface area contributed by atoms with Gasteiger partial charge in [-0.3, -0.25) is 9.78 Å². The normalized spacial score (nSPS) is 16.7. The summed E-state index contributed by atoms with van der Waals surface area (Å²) in [5, 5.41) is 6.16. The molecule has 0 unspecified atom stereocenters. The van der Waals surface area contributed by atoms with E-state index in [1.165, 1.54) is 5.56 Å². The molecule has 1 saturated heterocycles. The molecule has 3 aromatic rings. The van der Waals surface area contributed by atoms with E-state index in [1.54, 1.807) is 17.5 Å². The van der Waals surface area contributed by atoms with Crippen LogP contribution in [0.4, 0.5) is 10.8 Å². The van der Waals surface area contributed by atoms with Crippen molar-refractivity contribution in [1.82, 2.24) is 14.9 Å². The Bertz CT molecular complexity index is 1030. The molecule has 5 nitrogen and oxygen atoms in total. The summed E-state index contributed by atoms with van der Waals surface area (Å²) in [4.78, 5) is 24.8. The molecule has 0 aliphatic carbocycles. The molecule has 1 aliphatic heterocycles. The lowest BCUT2D eigenvalue weighted by molar-refractivity contribution is -0.137. The standard InChI is InChI=1S/C24H28N4OS/c1-16-7-9-18(10-8-16)24(3,4)22(29)28-12-5-6-21(28)20-15-19(14-17(2)26-20)27-23-25-11-13-30-23/h7-11,13-15,21H,5-6,12H2,1-4H3,(H,25,26,27)/t21-/m1/s1. The third-order valence-electron chi connectivity index (χ3n) is 5.82. The molecule has 156 valence electrons. The van der Waals surface area contributed by atoms with Crippen molar-refractivity contribution in [3.63, 3.8) is 0 Å². The van der Waals surface area contributed by atoms with Gasteiger partial charge in [-0.1, -0.05) is 29.8 Å². The summed E-state index contributed by atoms with van der Waals surface area (Å²) in [7, 11) is 0. The van der Waals surface area contributed by atoms with Crippen LogP contribution < -0.4 is 5.32 Å². The van der Waals surface area contributed by atoms with Crippen molar-refractivity contribution in [2.45, 2.75) is 52.0 Å². The number of anilines is 2. The first-order valence-electron chi connectivity index (χ1n) is 10.4. The summed E-state index contributed by atoms with van der Waals surface area (Å²) in [5.41, 5.74) is 4.51. The number of hydrogen-bond acceptors (Lipinski definition) is 5. The third-order valence-corrected chi connectivity index (χ3v) is 6.51. The van der Waals surface area contributed by atoms with Crippen molar-refractivity contribution in [3.05, 3.63) is 70.5 Å². The molecule has 30 heavy (non-hydrogen) atoms. The molecule has 1 atom stereocenters. The predicted molar refractivity (Wildman–Crippen MR) is 122 cm³/mol. The highest BCUT2D eigenvalue weighted by atomic mass is 32.1. The second-order valence-corrected chi connectivity index (χ2v) is 9.43. The Morgan fingerprint density at radius 1 is 1.20 bits per heavy atom. The maximum atomic E-state index is 13.6. The summed E-state index contributed by atoms with van der Waals surface area (Å²) >= 11 is 1.56. The Hall–Kier alpha value is -2.73. The number of likely N-dealkylation sites (tertiary alicyclic amines) is 1. The van der Waals surface area contributed by atoms with Crippen LogP contribution in [-0.4, -0.2) is 27.3 Å². The number of benzene rings is 1. The van der Waals surface area contributed by atoms with Crippen LogP contribution in [0.3, 0.4) is 0 Å². The lowest BCUT2D eigenvalue weighted by Gasteiger charge is -2.33. The Morgan fingerprint density at radius 2 is 1.97 bits per heavy atom. The van der Waals surface area contributed by atoms with Crippen molar-refractivity contribution in [3.8, 4) is 0 Å². The van der Waals surface area contributed by atoms with Crippen molar-refractivity contribution in [1.29, 1.82) is 0 Å². The topological polar surface area (TPSA) is 58.1 Å². The zero-order valence-electron chi connectivity index (χ0n) is 18.0. The quantitative estimate of drug-likeness (QED) is 0.589. The van der Waals surface area contributed by atoms with Crippen LogP contribution in [-0.2, 0) is 10.2 Å². The van der Waals surface area contributed by atoms with E-state index in [2.05, 4.69) is 47.6 Å². The first-order valence-corrected chi connectivity index (χ1v) is 11.3. The summed E-state index contributed by atoms with van der Waals surface area (Å²) in [6.45, 7) is 8.87. The molecule has 3 heterocycles. The van der Waals surface area contributed by atoms with Crippen molar-refractivity contribution in [2.24, 2.45) is 0 Å². The van der Waals surface area contributed by atoms with Crippen LogP contribution in [0.5, 0.6) is 0 Å². The lowest BCUT2D eigenvalue weighted by atomic mass is 9.82. The molecule has 1 amide bonds. The van der Waals surface area contributed by atoms with E-state index < -0.39 is 5.41 Å². The fourth-order valence-corrected chi connectivity index (χ4v) is 4.66. The number of aryl methyl sites for hydroxylation is 2. The highest BCUT2D eigenvalue weighted by Crippen LogP contribution is 2.37. The average molecular weight is 421 g/mol. The fourth-order valence-electron chi connectivity index (χ4n) is 4.12. The second-order valence-electron chi connectivity index (χ2n) is 8.53. The monoisotopic (exact) mass is 420 g/mol. The minimum absolute atomic E-state index is 0.000955. The maximum Gasteiger partial charge on any atom is 0.233 e. The van der Waals surface area contributed by atoms with Crippen LogP contribution in [0.2, 0.25) is 0 Å². The number of aromatic nitrogens is 2. The number of rotatable bonds is 5. The first-order chi connectivity index (χ1) is 14.3. The van der Waals surface area contributed by atoms with E-state index in [-0.39, 0.29) is 11.9 Å². The molecule has 2 aromatic heterocycles. The summed E-state index contributed by atoms with van der Waals surface area (Å²) in [6.07, 6.45) is 3.71. The third kappa shape index (κ3) is 4.10. The predicted octanol–water partition coefficient (Wildman–Crippen LogP) is 5.54. The maximum absolute atomic E-state index is 13.6. The van der Waals surface area contributed by atoms with Crippen LogP contribution in [0.25, 0.3) is 0 Å². The summed E-state index contributed by atoms with van der Waals surface area (Å²) in [5.74, 6) is 0.159. The van der Waals surface area contributed by atoms with Gasteiger partial charge in [0.15, 0.2) is 5.13 Å². The number of pyridine rings is 1. The molecule has 6 heteroatoms. The highest BCUT2D eigenvalue weighted by Gasteiger charge is 2.40. The van der Waals surface area contributed by atoms with E-state index >= 15 is 0 Å². The molecular formula is C24H28N4OS. The second kappa shape index (κ2) is 8.19. The number of nitrogens with one attached hydrogen (secondary N) is 1. The summed E-state index contributed by atoms with van der Waals surface area (Å²) < 4.78 is 0. The van der Waals surface area contributed by atoms with Gasteiger partial charge in [0.1, 0.15) is 0 Å². The average Bonchev–Trinajstić information content (AvgIpc) is 3.39. The highest BCUT2D eigenvalue weighted by molar-refractivity contribution is 7.13. The van der Waals surface area contributed by atoms with E-state index in [4.69, 9.17) is 4.98 Å². The van der Waals surface area contributed by atoms with E-state index in [0.29, 0.717) is 0 Å². The number of carbonyl (C=O) groups is 1. The molecular weight excluding hydrogens is 392 g/mol. The largest absolute Gasteiger partial charge is 0.333 e. The molecule has 1 N–H and O–H groups in total. The Balaban J connectivity index is 1.61. The van der Waals surface area contributed by atoms with Gasteiger partial charge in [-0.15, -0.1) is 11.3 Å². The number of carbonyl (C=O) groups excluding carboxylic acids is 1. The van der Waals surface area contributed by atoms with Crippen LogP contribution in [0, 0.1) is 13.8 Å². The number of hydrogen-bond donors (Lipinski definition) is 1. The lowest BCUT2D eigenvalue weighted by Crippen LogP contribution is -2.43. The SMILES string of the molecule is Cc1ccc(C(C)(C)C(=O)N2CCC[C@@H]2c2cc(Nc3nccs3)cc(C)n2)cc1. The number of thiazole rings is 1. The van der Waals surface area contributed by atoms with E-state index in [9.17, 15) is 4.79 Å². The van der Waals surface area contributed by atoms with Crippen LogP contribution in [0.15, 0.2) is 48.0 Å². The molecule has 1 fully saturated rings. The van der Waals surface area contributed by atoms with E-state index in [0.717, 1.165) is 47.2 Å². The van der Waals surface area contributed by atoms with Gasteiger partial charge in [-0.05, 0) is 58.2 Å². The number of nitrogens with zero attached hydrogens (tertiary/aromatic N) is 3. The zero-order chi connectivity index (χ0) is 21.3. The first kappa shape index (κ1) is 20.5. The molecule has 0 radical (unpaired) electrons. The molecule has 0 bridgehead atoms. The smallest absolute Gasteiger partial charge is 0.233 e. The minimum Gasteiger partial charge on any atom is -0.333 e. The Labute approximate surface area is 182 Å². The molecule has 1 aromatic carbocycles. The Morgan fingerprint density at radius 3 is 2.67 bits per heavy atom. The molecule has 4 rings (SSSR count). The molecule has 0 spiro atoms. The van der Waals surface area contributed by atoms with Gasteiger partial charge < -0.3 is 10.2 Å². The van der Waals surface area contributed by atoms with Crippen LogP contribution in [0.1, 0.15) is 55.2 Å². The number of amides is 1. The van der Waals surface area contributed by atoms with Gasteiger partial charge in [0, 0.05) is 29.5 Å². The van der Waals surface area contributed by atoms with Gasteiger partial charge in [-0.25, -0.2) is 4.98 Å². The van der Waals surface area contributed by atoms with Gasteiger partial charge in [0.05, 0.1) is 17.2 Å². The van der Waals surface area contributed by atoms with Crippen molar-refractivity contribution in [2.75, 3.05) is 11.9 Å².